The summed E-state index contributed by atoms with van der Waals surface area (Å²) >= 11 is 0. The Morgan fingerprint density at radius 1 is 1.44 bits per heavy atom. The zero-order valence-corrected chi connectivity index (χ0v) is 4.32. The van der Waals surface area contributed by atoms with E-state index >= 15 is 0 Å². The molecule has 0 fully saturated rings. The van der Waals surface area contributed by atoms with Crippen molar-refractivity contribution < 1.29 is 8.78 Å². The van der Waals surface area contributed by atoms with Gasteiger partial charge in [0.15, 0.2) is 5.82 Å². The maximum absolute atomic E-state index is 12.0. The normalized spacial score (nSPS) is 9.56. The lowest BCUT2D eigenvalue weighted by atomic mass is 10.4. The number of nitrogens with one attached hydrogen (secondary N) is 1. The monoisotopic (exact) mass is 131 g/mol. The van der Waals surface area contributed by atoms with Gasteiger partial charge in [0.05, 0.1) is 0 Å². The molecule has 0 spiro atoms. The minimum atomic E-state index is -1.36. The summed E-state index contributed by atoms with van der Waals surface area (Å²) in [6.07, 6.45) is 1.04. The molecule has 1 aromatic rings. The van der Waals surface area contributed by atoms with Crippen LogP contribution in [0.1, 0.15) is 0 Å². The number of H-pyrrole nitrogens is 1. The van der Waals surface area contributed by atoms with Crippen molar-refractivity contribution in [3.8, 4) is 0 Å². The first kappa shape index (κ1) is 5.94. The van der Waals surface area contributed by atoms with Crippen LogP contribution in [0.2, 0.25) is 0 Å². The average Bonchev–Trinajstić information content (AvgIpc) is 1.83. The molecule has 1 rings (SSSR count). The lowest BCUT2D eigenvalue weighted by Crippen LogP contribution is -2.10. The van der Waals surface area contributed by atoms with Gasteiger partial charge in [0.2, 0.25) is 5.82 Å². The van der Waals surface area contributed by atoms with Crippen molar-refractivity contribution in [2.24, 2.45) is 0 Å². The van der Waals surface area contributed by atoms with E-state index in [4.69, 9.17) is 0 Å². The topological polar surface area (TPSA) is 32.9 Å². The summed E-state index contributed by atoms with van der Waals surface area (Å²) in [7, 11) is 0. The van der Waals surface area contributed by atoms with Gasteiger partial charge in [0.1, 0.15) is 0 Å². The SMILES string of the molecule is O=c1[nH]ccc(F)c1F. The molecule has 0 saturated heterocycles. The van der Waals surface area contributed by atoms with Crippen LogP contribution in [0.5, 0.6) is 0 Å². The largest absolute Gasteiger partial charge is 0.326 e. The Kier molecular flexibility index (Phi) is 1.30. The third kappa shape index (κ3) is 0.960. The van der Waals surface area contributed by atoms with Crippen LogP contribution in [0.25, 0.3) is 0 Å². The molecule has 0 aliphatic carbocycles. The maximum atomic E-state index is 12.0. The zero-order chi connectivity index (χ0) is 6.85. The fraction of sp³-hybridized carbons (Fsp3) is 0. The molecule has 0 radical (unpaired) electrons. The number of hydrogen-bond donors (Lipinski definition) is 1. The maximum Gasteiger partial charge on any atom is 0.287 e. The summed E-state index contributed by atoms with van der Waals surface area (Å²) in [6.45, 7) is 0. The number of hydrogen-bond acceptors (Lipinski definition) is 1. The molecule has 0 bridgehead atoms. The van der Waals surface area contributed by atoms with Gasteiger partial charge in [-0.2, -0.15) is 4.39 Å². The number of pyridine rings is 1. The number of rotatable bonds is 0. The van der Waals surface area contributed by atoms with E-state index in [0.717, 1.165) is 12.3 Å². The average molecular weight is 131 g/mol. The smallest absolute Gasteiger partial charge is 0.287 e. The Balaban J connectivity index is 3.43. The number of aromatic amines is 1. The Hall–Kier alpha value is -1.19. The second kappa shape index (κ2) is 1.97. The van der Waals surface area contributed by atoms with Crippen LogP contribution in [0.3, 0.4) is 0 Å². The molecule has 0 saturated carbocycles. The van der Waals surface area contributed by atoms with Gasteiger partial charge in [0.25, 0.3) is 5.56 Å². The minimum absolute atomic E-state index is 0.844. The predicted octanol–water partition coefficient (Wildman–Crippen LogP) is 0.653. The standard InChI is InChI=1S/C5H3F2NO/c6-3-1-2-8-5(9)4(3)7/h1-2H,(H,8,9). The summed E-state index contributed by atoms with van der Waals surface area (Å²) in [5.74, 6) is -2.49. The molecule has 1 aromatic heterocycles. The highest BCUT2D eigenvalue weighted by Crippen LogP contribution is 1.94. The Morgan fingerprint density at radius 2 is 2.11 bits per heavy atom. The van der Waals surface area contributed by atoms with E-state index in [9.17, 15) is 13.6 Å². The molecule has 0 aromatic carbocycles. The van der Waals surface area contributed by atoms with Gasteiger partial charge in [-0.3, -0.25) is 4.79 Å². The van der Waals surface area contributed by atoms with E-state index in [-0.39, 0.29) is 0 Å². The molecule has 4 heteroatoms. The van der Waals surface area contributed by atoms with Crippen LogP contribution in [-0.2, 0) is 0 Å². The van der Waals surface area contributed by atoms with Crippen LogP contribution < -0.4 is 5.56 Å². The van der Waals surface area contributed by atoms with Crippen molar-refractivity contribution in [1.82, 2.24) is 4.98 Å². The van der Waals surface area contributed by atoms with Crippen LogP contribution in [0.4, 0.5) is 8.78 Å². The van der Waals surface area contributed by atoms with E-state index in [1.807, 2.05) is 4.98 Å². The van der Waals surface area contributed by atoms with Gasteiger partial charge in [-0.1, -0.05) is 0 Å². The summed E-state index contributed by atoms with van der Waals surface area (Å²) < 4.78 is 24.0. The first-order valence-corrected chi connectivity index (χ1v) is 2.24. The van der Waals surface area contributed by atoms with Crippen molar-refractivity contribution in [3.05, 3.63) is 34.3 Å². The van der Waals surface area contributed by atoms with E-state index < -0.39 is 17.2 Å². The highest BCUT2D eigenvalue weighted by molar-refractivity contribution is 4.97. The van der Waals surface area contributed by atoms with Crippen molar-refractivity contribution in [2.45, 2.75) is 0 Å². The molecule has 0 aliphatic heterocycles. The summed E-state index contributed by atoms with van der Waals surface area (Å²) in [4.78, 5) is 12.1. The first-order valence-electron chi connectivity index (χ1n) is 2.24. The molecule has 2 nitrogen and oxygen atoms in total. The molecule has 48 valence electrons. The molecule has 0 aliphatic rings. The molecular weight excluding hydrogens is 128 g/mol. The number of aromatic nitrogens is 1. The van der Waals surface area contributed by atoms with Gasteiger partial charge >= 0.3 is 0 Å². The van der Waals surface area contributed by atoms with Gasteiger partial charge in [-0.05, 0) is 6.07 Å². The third-order valence-electron chi connectivity index (χ3n) is 0.853. The van der Waals surface area contributed by atoms with Crippen LogP contribution in [0.15, 0.2) is 17.1 Å². The van der Waals surface area contributed by atoms with Gasteiger partial charge in [-0.25, -0.2) is 4.39 Å². The van der Waals surface area contributed by atoms with Crippen LogP contribution >= 0.6 is 0 Å². The summed E-state index contributed by atoms with van der Waals surface area (Å²) in [5.41, 5.74) is -1.03. The quantitative estimate of drug-likeness (QED) is 0.551. The van der Waals surface area contributed by atoms with Gasteiger partial charge in [-0.15, -0.1) is 0 Å². The Bertz CT molecular complexity index is 268. The van der Waals surface area contributed by atoms with E-state index in [1.165, 1.54) is 0 Å². The number of halogens is 2. The molecule has 1 heterocycles. The molecule has 0 amide bonds. The predicted molar refractivity (Wildman–Crippen MR) is 27.0 cm³/mol. The third-order valence-corrected chi connectivity index (χ3v) is 0.853. The molecule has 0 unspecified atom stereocenters. The van der Waals surface area contributed by atoms with Gasteiger partial charge < -0.3 is 4.98 Å². The molecule has 9 heavy (non-hydrogen) atoms. The van der Waals surface area contributed by atoms with E-state index in [2.05, 4.69) is 0 Å². The Morgan fingerprint density at radius 3 is 2.56 bits per heavy atom. The van der Waals surface area contributed by atoms with Crippen molar-refractivity contribution in [1.29, 1.82) is 0 Å². The second-order valence-corrected chi connectivity index (χ2v) is 1.47. The lowest BCUT2D eigenvalue weighted by Gasteiger charge is -1.85. The van der Waals surface area contributed by atoms with Crippen LogP contribution in [-0.4, -0.2) is 4.98 Å². The fourth-order valence-electron chi connectivity index (χ4n) is 0.436. The zero-order valence-electron chi connectivity index (χ0n) is 4.32. The van der Waals surface area contributed by atoms with Gasteiger partial charge in [0, 0.05) is 6.20 Å². The van der Waals surface area contributed by atoms with Crippen molar-refractivity contribution in [3.63, 3.8) is 0 Å². The second-order valence-electron chi connectivity index (χ2n) is 1.47. The summed E-state index contributed by atoms with van der Waals surface area (Å²) in [5, 5.41) is 0. The highest BCUT2D eigenvalue weighted by atomic mass is 19.2. The highest BCUT2D eigenvalue weighted by Gasteiger charge is 2.02. The fourth-order valence-corrected chi connectivity index (χ4v) is 0.436. The minimum Gasteiger partial charge on any atom is -0.326 e. The molecule has 1 N–H and O–H groups in total. The molecule has 0 atom stereocenters. The van der Waals surface area contributed by atoms with Crippen LogP contribution in [0, 0.1) is 11.6 Å². The Labute approximate surface area is 49.1 Å². The first-order chi connectivity index (χ1) is 4.22. The van der Waals surface area contributed by atoms with Crippen molar-refractivity contribution >= 4 is 0 Å². The summed E-state index contributed by atoms with van der Waals surface area (Å²) in [6, 6.07) is 0.844. The molecular formula is C5H3F2NO. The lowest BCUT2D eigenvalue weighted by molar-refractivity contribution is 0.495. The van der Waals surface area contributed by atoms with E-state index in [1.54, 1.807) is 0 Å². The van der Waals surface area contributed by atoms with Crippen molar-refractivity contribution in [2.75, 3.05) is 0 Å². The van der Waals surface area contributed by atoms with E-state index in [0.29, 0.717) is 0 Å².